The molecule has 0 spiro atoms. The monoisotopic (exact) mass is 356 g/mol. The van der Waals surface area contributed by atoms with E-state index in [0.717, 1.165) is 33.9 Å². The third-order valence-electron chi connectivity index (χ3n) is 5.52. The minimum Gasteiger partial charge on any atom is -0.362 e. The van der Waals surface area contributed by atoms with Crippen LogP contribution < -0.4 is 0 Å². The van der Waals surface area contributed by atoms with Crippen LogP contribution in [0.4, 0.5) is 0 Å². The Labute approximate surface area is 154 Å². The van der Waals surface area contributed by atoms with E-state index >= 15 is 0 Å². The molecule has 0 bridgehead atoms. The third-order valence-corrected chi connectivity index (χ3v) is 5.52. The van der Waals surface area contributed by atoms with Crippen molar-refractivity contribution in [3.05, 3.63) is 46.0 Å². The molecule has 3 rings (SSSR count). The minimum atomic E-state index is 0.0652. The van der Waals surface area contributed by atoms with Gasteiger partial charge in [0.25, 0.3) is 5.91 Å². The van der Waals surface area contributed by atoms with Gasteiger partial charge in [-0.15, -0.1) is 0 Å². The van der Waals surface area contributed by atoms with Crippen molar-refractivity contribution in [2.75, 3.05) is 26.2 Å². The molecule has 2 amide bonds. The topological polar surface area (TPSA) is 61.3 Å². The van der Waals surface area contributed by atoms with Crippen LogP contribution in [0.5, 0.6) is 0 Å². The van der Waals surface area contributed by atoms with Gasteiger partial charge in [-0.05, 0) is 45.4 Å². The van der Waals surface area contributed by atoms with E-state index in [0.29, 0.717) is 32.6 Å². The Balaban J connectivity index is 1.60. The van der Waals surface area contributed by atoms with Gasteiger partial charge in [0.05, 0.1) is 12.0 Å². The molecule has 26 heavy (non-hydrogen) atoms. The second-order valence-electron chi connectivity index (χ2n) is 7.30. The van der Waals surface area contributed by atoms with Crippen LogP contribution in [0.25, 0.3) is 0 Å². The minimum absolute atomic E-state index is 0.0652. The Morgan fingerprint density at radius 3 is 2.12 bits per heavy atom. The second-order valence-corrected chi connectivity index (χ2v) is 7.30. The lowest BCUT2D eigenvalue weighted by Crippen LogP contribution is -2.51. The zero-order valence-electron chi connectivity index (χ0n) is 16.3. The molecule has 6 heteroatoms. The number of nitrogens with zero attached hydrogens (tertiary/aromatic N) is 3. The van der Waals surface area contributed by atoms with Crippen molar-refractivity contribution >= 4 is 11.8 Å². The summed E-state index contributed by atoms with van der Waals surface area (Å²) in [6.07, 6.45) is 0.418. The Kier molecular flexibility index (Phi) is 4.94. The van der Waals surface area contributed by atoms with Gasteiger partial charge in [-0.25, -0.2) is 0 Å². The molecule has 0 aliphatic carbocycles. The number of hydrogen-bond donors (Lipinski definition) is 1. The van der Waals surface area contributed by atoms with Crippen molar-refractivity contribution in [1.29, 1.82) is 0 Å². The van der Waals surface area contributed by atoms with Crippen LogP contribution in [0, 0.1) is 27.7 Å². The number of nitrogens with one attached hydrogen (secondary N) is 1. The molecule has 0 unspecified atom stereocenters. The number of rotatable bonds is 3. The van der Waals surface area contributed by atoms with Gasteiger partial charge in [-0.3, -0.25) is 9.59 Å². The highest BCUT2D eigenvalue weighted by molar-refractivity contribution is 5.96. The van der Waals surface area contributed by atoms with Gasteiger partial charge >= 0.3 is 0 Å². The lowest BCUT2D eigenvalue weighted by atomic mass is 10.1. The molecule has 0 saturated carbocycles. The fraction of sp³-hybridized carbons (Fsp3) is 0.500. The molecule has 0 radical (unpaired) electrons. The summed E-state index contributed by atoms with van der Waals surface area (Å²) in [6, 6.07) is 3.99. The molecule has 1 fully saturated rings. The fourth-order valence-corrected chi connectivity index (χ4v) is 3.64. The molecule has 140 valence electrons. The number of aryl methyl sites for hydroxylation is 3. The normalized spacial score (nSPS) is 14.8. The number of piperazine rings is 1. The second kappa shape index (κ2) is 7.02. The molecule has 0 atom stereocenters. The number of hydrogen-bond acceptors (Lipinski definition) is 2. The van der Waals surface area contributed by atoms with Crippen molar-refractivity contribution < 1.29 is 9.59 Å². The first kappa shape index (κ1) is 18.3. The first-order chi connectivity index (χ1) is 12.3. The summed E-state index contributed by atoms with van der Waals surface area (Å²) in [5, 5.41) is 0. The Bertz CT molecular complexity index is 838. The van der Waals surface area contributed by atoms with Crippen LogP contribution in [-0.2, 0) is 18.3 Å². The Hall–Kier alpha value is -2.50. The third kappa shape index (κ3) is 3.41. The van der Waals surface area contributed by atoms with Crippen LogP contribution in [0.1, 0.15) is 38.7 Å². The average molecular weight is 356 g/mol. The van der Waals surface area contributed by atoms with Gasteiger partial charge in [0.2, 0.25) is 5.91 Å². The predicted molar refractivity (Wildman–Crippen MR) is 101 cm³/mol. The number of aromatic nitrogens is 2. The van der Waals surface area contributed by atoms with Gasteiger partial charge in [-0.2, -0.15) is 0 Å². The van der Waals surface area contributed by atoms with Gasteiger partial charge < -0.3 is 19.4 Å². The van der Waals surface area contributed by atoms with E-state index in [4.69, 9.17) is 0 Å². The number of amides is 2. The fourth-order valence-electron chi connectivity index (χ4n) is 3.64. The number of carbonyl (C=O) groups is 2. The molecule has 0 aromatic carbocycles. The molecule has 1 N–H and O–H groups in total. The van der Waals surface area contributed by atoms with Crippen LogP contribution in [0.15, 0.2) is 12.1 Å². The van der Waals surface area contributed by atoms with Gasteiger partial charge in [0.15, 0.2) is 0 Å². The van der Waals surface area contributed by atoms with Gasteiger partial charge in [0, 0.05) is 56.0 Å². The number of carbonyl (C=O) groups excluding carboxylic acids is 2. The average Bonchev–Trinajstić information content (AvgIpc) is 3.07. The maximum Gasteiger partial charge on any atom is 0.255 e. The van der Waals surface area contributed by atoms with E-state index in [9.17, 15) is 9.59 Å². The largest absolute Gasteiger partial charge is 0.362 e. The van der Waals surface area contributed by atoms with Gasteiger partial charge in [-0.1, -0.05) is 0 Å². The highest BCUT2D eigenvalue weighted by atomic mass is 16.2. The number of H-pyrrole nitrogens is 1. The summed E-state index contributed by atoms with van der Waals surface area (Å²) < 4.78 is 2.04. The molecule has 6 nitrogen and oxygen atoms in total. The van der Waals surface area contributed by atoms with Crippen LogP contribution >= 0.6 is 0 Å². The molecular weight excluding hydrogens is 328 g/mol. The van der Waals surface area contributed by atoms with Crippen LogP contribution in [0.2, 0.25) is 0 Å². The van der Waals surface area contributed by atoms with E-state index in [-0.39, 0.29) is 11.8 Å². The maximum atomic E-state index is 12.8. The molecular formula is C20H28N4O2. The first-order valence-electron chi connectivity index (χ1n) is 9.13. The maximum absolute atomic E-state index is 12.8. The van der Waals surface area contributed by atoms with E-state index in [1.807, 2.05) is 61.2 Å². The Morgan fingerprint density at radius 2 is 1.62 bits per heavy atom. The lowest BCUT2D eigenvalue weighted by molar-refractivity contribution is -0.131. The smallest absolute Gasteiger partial charge is 0.255 e. The van der Waals surface area contributed by atoms with E-state index in [1.54, 1.807) is 0 Å². The zero-order chi connectivity index (χ0) is 19.0. The summed E-state index contributed by atoms with van der Waals surface area (Å²) in [5.74, 6) is 0.196. The summed E-state index contributed by atoms with van der Waals surface area (Å²) in [6.45, 7) is 10.3. The summed E-state index contributed by atoms with van der Waals surface area (Å²) in [5.41, 5.74) is 6.03. The van der Waals surface area contributed by atoms with E-state index in [1.165, 1.54) is 0 Å². The number of aromatic amines is 1. The highest BCUT2D eigenvalue weighted by Crippen LogP contribution is 2.17. The lowest BCUT2D eigenvalue weighted by Gasteiger charge is -2.35. The molecule has 1 saturated heterocycles. The van der Waals surface area contributed by atoms with Crippen molar-refractivity contribution in [3.8, 4) is 0 Å². The summed E-state index contributed by atoms with van der Waals surface area (Å²) in [4.78, 5) is 32.4. The Morgan fingerprint density at radius 1 is 1.00 bits per heavy atom. The van der Waals surface area contributed by atoms with Crippen LogP contribution in [-0.4, -0.2) is 57.3 Å². The molecule has 1 aliphatic rings. The van der Waals surface area contributed by atoms with E-state index in [2.05, 4.69) is 4.98 Å². The van der Waals surface area contributed by atoms with Crippen molar-refractivity contribution in [2.24, 2.45) is 7.05 Å². The van der Waals surface area contributed by atoms with Gasteiger partial charge in [0.1, 0.15) is 0 Å². The quantitative estimate of drug-likeness (QED) is 0.916. The predicted octanol–water partition coefficient (Wildman–Crippen LogP) is 2.11. The summed E-state index contributed by atoms with van der Waals surface area (Å²) >= 11 is 0. The molecule has 1 aliphatic heterocycles. The standard InChI is InChI=1S/C20H28N4O2/c1-13-10-17(15(3)21-13)12-19(25)23-6-8-24(9-7-23)20(26)18-11-14(2)22(5)16(18)4/h10-11,21H,6-9,12H2,1-5H3. The van der Waals surface area contributed by atoms with Crippen LogP contribution in [0.3, 0.4) is 0 Å². The van der Waals surface area contributed by atoms with Crippen molar-refractivity contribution in [2.45, 2.75) is 34.1 Å². The van der Waals surface area contributed by atoms with E-state index < -0.39 is 0 Å². The molecule has 2 aromatic rings. The molecule has 2 aromatic heterocycles. The first-order valence-corrected chi connectivity index (χ1v) is 9.13. The van der Waals surface area contributed by atoms with Crippen molar-refractivity contribution in [1.82, 2.24) is 19.4 Å². The zero-order valence-corrected chi connectivity index (χ0v) is 16.3. The molecule has 3 heterocycles. The SMILES string of the molecule is Cc1cc(CC(=O)N2CCN(C(=O)c3cc(C)n(C)c3C)CC2)c(C)[nH]1. The van der Waals surface area contributed by atoms with Crippen molar-refractivity contribution in [3.63, 3.8) is 0 Å². The summed E-state index contributed by atoms with van der Waals surface area (Å²) in [7, 11) is 1.97. The highest BCUT2D eigenvalue weighted by Gasteiger charge is 2.27.